The molecule has 0 spiro atoms. The SMILES string of the molecule is CCCCCCCCCCC1=C(C)[N]C=CS1. The van der Waals surface area contributed by atoms with Crippen LogP contribution in [-0.2, 0) is 0 Å². The van der Waals surface area contributed by atoms with Crippen molar-refractivity contribution >= 4 is 11.8 Å². The van der Waals surface area contributed by atoms with Gasteiger partial charge in [0.05, 0.1) is 0 Å². The lowest BCUT2D eigenvalue weighted by molar-refractivity contribution is 0.576. The van der Waals surface area contributed by atoms with E-state index in [0.717, 1.165) is 0 Å². The van der Waals surface area contributed by atoms with Crippen molar-refractivity contribution in [1.82, 2.24) is 5.32 Å². The fourth-order valence-electron chi connectivity index (χ4n) is 2.07. The lowest BCUT2D eigenvalue weighted by atomic mass is 10.1. The maximum Gasteiger partial charge on any atom is 0.0471 e. The first-order valence-corrected chi connectivity index (χ1v) is 7.95. The van der Waals surface area contributed by atoms with Crippen LogP contribution in [0.2, 0.25) is 0 Å². The molecule has 0 aromatic carbocycles. The molecule has 0 bridgehead atoms. The molecule has 0 N–H and O–H groups in total. The smallest absolute Gasteiger partial charge is 0.0471 e. The van der Waals surface area contributed by atoms with Crippen molar-refractivity contribution in [3.63, 3.8) is 0 Å². The van der Waals surface area contributed by atoms with Crippen LogP contribution in [-0.4, -0.2) is 0 Å². The van der Waals surface area contributed by atoms with Crippen LogP contribution in [0, 0.1) is 0 Å². The van der Waals surface area contributed by atoms with Gasteiger partial charge in [-0.05, 0) is 25.2 Å². The summed E-state index contributed by atoms with van der Waals surface area (Å²) in [5.74, 6) is 0. The summed E-state index contributed by atoms with van der Waals surface area (Å²) in [5.41, 5.74) is 1.22. The van der Waals surface area contributed by atoms with E-state index < -0.39 is 0 Å². The van der Waals surface area contributed by atoms with Crippen molar-refractivity contribution in [1.29, 1.82) is 0 Å². The van der Waals surface area contributed by atoms with Gasteiger partial charge in [-0.15, -0.1) is 0 Å². The minimum Gasteiger partial charge on any atom is -0.260 e. The van der Waals surface area contributed by atoms with E-state index in [1.807, 2.05) is 18.0 Å². The molecule has 0 saturated carbocycles. The number of thioether (sulfide) groups is 1. The van der Waals surface area contributed by atoms with Crippen molar-refractivity contribution in [2.75, 3.05) is 0 Å². The molecule has 0 aromatic heterocycles. The Labute approximate surface area is 111 Å². The molecule has 1 rings (SSSR count). The van der Waals surface area contributed by atoms with Crippen LogP contribution in [0.25, 0.3) is 0 Å². The summed E-state index contributed by atoms with van der Waals surface area (Å²) in [7, 11) is 0. The second kappa shape index (κ2) is 9.64. The van der Waals surface area contributed by atoms with Crippen molar-refractivity contribution in [3.05, 3.63) is 22.2 Å². The molecule has 0 unspecified atom stereocenters. The fraction of sp³-hybridized carbons (Fsp3) is 0.733. The summed E-state index contributed by atoms with van der Waals surface area (Å²) in [6.07, 6.45) is 14.3. The molecule has 0 fully saturated rings. The van der Waals surface area contributed by atoms with Gasteiger partial charge in [0.25, 0.3) is 0 Å². The Kier molecular flexibility index (Phi) is 8.33. The molecule has 0 saturated heterocycles. The molecule has 97 valence electrons. The Bertz CT molecular complexity index is 256. The van der Waals surface area contributed by atoms with E-state index in [-0.39, 0.29) is 0 Å². The Morgan fingerprint density at radius 3 is 2.29 bits per heavy atom. The van der Waals surface area contributed by atoms with Crippen LogP contribution in [0.3, 0.4) is 0 Å². The lowest BCUT2D eigenvalue weighted by Crippen LogP contribution is -1.99. The second-order valence-electron chi connectivity index (χ2n) is 4.77. The highest BCUT2D eigenvalue weighted by molar-refractivity contribution is 8.05. The highest BCUT2D eigenvalue weighted by Crippen LogP contribution is 2.29. The van der Waals surface area contributed by atoms with Crippen LogP contribution < -0.4 is 5.32 Å². The molecule has 2 heteroatoms. The predicted octanol–water partition coefficient (Wildman–Crippen LogP) is 5.57. The van der Waals surface area contributed by atoms with E-state index in [4.69, 9.17) is 0 Å². The zero-order valence-corrected chi connectivity index (χ0v) is 12.2. The van der Waals surface area contributed by atoms with Crippen LogP contribution in [0.15, 0.2) is 22.2 Å². The topological polar surface area (TPSA) is 14.1 Å². The first-order valence-electron chi connectivity index (χ1n) is 7.07. The van der Waals surface area contributed by atoms with Crippen molar-refractivity contribution in [2.24, 2.45) is 0 Å². The third-order valence-corrected chi connectivity index (χ3v) is 4.24. The third kappa shape index (κ3) is 6.82. The van der Waals surface area contributed by atoms with Crippen molar-refractivity contribution in [3.8, 4) is 0 Å². The van der Waals surface area contributed by atoms with E-state index in [1.165, 1.54) is 68.4 Å². The van der Waals surface area contributed by atoms with Crippen molar-refractivity contribution in [2.45, 2.75) is 71.6 Å². The molecule has 1 nitrogen and oxygen atoms in total. The van der Waals surface area contributed by atoms with E-state index in [2.05, 4.69) is 24.6 Å². The van der Waals surface area contributed by atoms with E-state index in [9.17, 15) is 0 Å². The quantitative estimate of drug-likeness (QED) is 0.489. The average Bonchev–Trinajstić information content (AvgIpc) is 2.35. The first kappa shape index (κ1) is 14.7. The van der Waals surface area contributed by atoms with Crippen LogP contribution in [0.1, 0.15) is 71.6 Å². The Balaban J connectivity index is 1.94. The van der Waals surface area contributed by atoms with Gasteiger partial charge in [-0.25, -0.2) is 0 Å². The highest BCUT2D eigenvalue weighted by Gasteiger charge is 2.05. The number of unbranched alkanes of at least 4 members (excludes halogenated alkanes) is 7. The number of allylic oxidation sites excluding steroid dienone is 2. The standard InChI is InChI=1S/C15H26NS/c1-3-4-5-6-7-8-9-10-11-15-14(2)16-12-13-17-15/h12-13H,3-11H2,1-2H3. The summed E-state index contributed by atoms with van der Waals surface area (Å²) in [4.78, 5) is 1.47. The van der Waals surface area contributed by atoms with Crippen molar-refractivity contribution < 1.29 is 0 Å². The zero-order chi connectivity index (χ0) is 12.3. The molecule has 17 heavy (non-hydrogen) atoms. The molecule has 1 radical (unpaired) electrons. The van der Waals surface area contributed by atoms with Gasteiger partial charge in [-0.1, -0.05) is 63.6 Å². The molecule has 1 aliphatic heterocycles. The van der Waals surface area contributed by atoms with Gasteiger partial charge in [0.15, 0.2) is 0 Å². The molecule has 0 aliphatic carbocycles. The van der Waals surface area contributed by atoms with Gasteiger partial charge in [-0.3, -0.25) is 5.32 Å². The Hall–Kier alpha value is -0.370. The maximum atomic E-state index is 4.34. The summed E-state index contributed by atoms with van der Waals surface area (Å²) >= 11 is 1.85. The van der Waals surface area contributed by atoms with Gasteiger partial charge in [0.1, 0.15) is 0 Å². The van der Waals surface area contributed by atoms with Gasteiger partial charge in [0, 0.05) is 16.8 Å². The van der Waals surface area contributed by atoms with Gasteiger partial charge in [0.2, 0.25) is 0 Å². The third-order valence-electron chi connectivity index (χ3n) is 3.20. The van der Waals surface area contributed by atoms with Gasteiger partial charge < -0.3 is 0 Å². The molecule has 0 atom stereocenters. The molecular formula is C15H26NS. The fourth-order valence-corrected chi connectivity index (χ4v) is 2.84. The molecular weight excluding hydrogens is 226 g/mol. The monoisotopic (exact) mass is 252 g/mol. The average molecular weight is 252 g/mol. The summed E-state index contributed by atoms with van der Waals surface area (Å²) in [5, 5.41) is 6.43. The number of nitrogens with zero attached hydrogens (tertiary/aromatic N) is 1. The summed E-state index contributed by atoms with van der Waals surface area (Å²) < 4.78 is 0. The zero-order valence-electron chi connectivity index (χ0n) is 11.4. The largest absolute Gasteiger partial charge is 0.260 e. The Morgan fingerprint density at radius 1 is 1.00 bits per heavy atom. The lowest BCUT2D eigenvalue weighted by Gasteiger charge is -2.12. The number of hydrogen-bond acceptors (Lipinski definition) is 1. The summed E-state index contributed by atoms with van der Waals surface area (Å²) in [6.45, 7) is 4.40. The van der Waals surface area contributed by atoms with Gasteiger partial charge >= 0.3 is 0 Å². The van der Waals surface area contributed by atoms with Gasteiger partial charge in [-0.2, -0.15) is 0 Å². The number of hydrogen-bond donors (Lipinski definition) is 0. The minimum atomic E-state index is 1.22. The Morgan fingerprint density at radius 2 is 1.65 bits per heavy atom. The minimum absolute atomic E-state index is 1.22. The second-order valence-corrected chi connectivity index (χ2v) is 5.77. The molecule has 1 heterocycles. The van der Waals surface area contributed by atoms with Crippen LogP contribution >= 0.6 is 11.8 Å². The highest BCUT2D eigenvalue weighted by atomic mass is 32.2. The molecule has 0 aromatic rings. The van der Waals surface area contributed by atoms with Crippen LogP contribution in [0.4, 0.5) is 0 Å². The van der Waals surface area contributed by atoms with E-state index >= 15 is 0 Å². The number of rotatable bonds is 9. The first-order chi connectivity index (χ1) is 8.34. The normalized spacial score (nSPS) is 15.2. The van der Waals surface area contributed by atoms with E-state index in [0.29, 0.717) is 0 Å². The van der Waals surface area contributed by atoms with Crippen LogP contribution in [0.5, 0.6) is 0 Å². The molecule has 1 aliphatic rings. The predicted molar refractivity (Wildman–Crippen MR) is 78.8 cm³/mol. The maximum absolute atomic E-state index is 4.34. The summed E-state index contributed by atoms with van der Waals surface area (Å²) in [6, 6.07) is 0. The van der Waals surface area contributed by atoms with E-state index in [1.54, 1.807) is 0 Å². The molecule has 0 amide bonds.